The molecule has 0 aromatic heterocycles. The first-order chi connectivity index (χ1) is 5.58. The molecule has 1 rings (SSSR count). The summed E-state index contributed by atoms with van der Waals surface area (Å²) >= 11 is 0. The Morgan fingerprint density at radius 2 is 1.54 bits per heavy atom. The zero-order valence-electron chi connectivity index (χ0n) is 6.78. The van der Waals surface area contributed by atoms with Crippen LogP contribution in [0.5, 0.6) is 0 Å². The summed E-state index contributed by atoms with van der Waals surface area (Å²) in [5, 5.41) is 0. The Balaban J connectivity index is 2.93. The molecule has 0 saturated carbocycles. The third kappa shape index (κ3) is 1.62. The molecule has 0 amide bonds. The molecule has 0 bridgehead atoms. The lowest BCUT2D eigenvalue weighted by Crippen LogP contribution is -2.60. The van der Waals surface area contributed by atoms with Crippen LogP contribution < -0.4 is 0 Å². The molecule has 1 fully saturated rings. The predicted octanol–water partition coefficient (Wildman–Crippen LogP) is 2.29. The topological polar surface area (TPSA) is 18.5 Å². The van der Waals surface area contributed by atoms with E-state index >= 15 is 0 Å². The fraction of sp³-hybridized carbons (Fsp3) is 1.00. The van der Waals surface area contributed by atoms with Crippen LogP contribution in [0.1, 0.15) is 13.8 Å². The van der Waals surface area contributed by atoms with Gasteiger partial charge in [0, 0.05) is 13.8 Å². The van der Waals surface area contributed by atoms with E-state index in [-0.39, 0.29) is 6.92 Å². The van der Waals surface area contributed by atoms with Crippen LogP contribution in [0.25, 0.3) is 0 Å². The first-order valence-corrected chi connectivity index (χ1v) is 3.36. The lowest BCUT2D eigenvalue weighted by molar-refractivity contribution is -0.501. The van der Waals surface area contributed by atoms with Crippen LogP contribution in [-0.2, 0) is 9.47 Å². The van der Waals surface area contributed by atoms with Gasteiger partial charge in [-0.05, 0) is 0 Å². The van der Waals surface area contributed by atoms with Crippen LogP contribution in [-0.4, -0.2) is 24.2 Å². The van der Waals surface area contributed by atoms with Gasteiger partial charge in [0.25, 0.3) is 12.2 Å². The zero-order valence-corrected chi connectivity index (χ0v) is 6.78. The van der Waals surface area contributed by atoms with Gasteiger partial charge in [0.05, 0.1) is 0 Å². The number of rotatable bonds is 0. The summed E-state index contributed by atoms with van der Waals surface area (Å²) in [4.78, 5) is 0. The maximum absolute atomic E-state index is 12.7. The maximum Gasteiger partial charge on any atom is 0.417 e. The molecule has 2 nitrogen and oxygen atoms in total. The van der Waals surface area contributed by atoms with Crippen molar-refractivity contribution in [2.45, 2.75) is 38.0 Å². The third-order valence-corrected chi connectivity index (χ3v) is 1.58. The van der Waals surface area contributed by atoms with E-state index in [4.69, 9.17) is 0 Å². The molecule has 0 aromatic carbocycles. The lowest BCUT2D eigenvalue weighted by atomic mass is 10.2. The number of hydrogen-bond acceptors (Lipinski definition) is 2. The zero-order chi connectivity index (χ0) is 10.5. The van der Waals surface area contributed by atoms with Gasteiger partial charge in [0.1, 0.15) is 0 Å². The molecule has 0 aliphatic carbocycles. The minimum Gasteiger partial charge on any atom is -0.299 e. The summed E-state index contributed by atoms with van der Waals surface area (Å²) in [5.41, 5.74) is 0. The fourth-order valence-electron chi connectivity index (χ4n) is 0.756. The van der Waals surface area contributed by atoms with E-state index < -0.39 is 24.2 Å². The van der Waals surface area contributed by atoms with Crippen molar-refractivity contribution >= 4 is 0 Å². The first kappa shape index (κ1) is 10.6. The fourth-order valence-corrected chi connectivity index (χ4v) is 0.756. The van der Waals surface area contributed by atoms with Crippen molar-refractivity contribution in [3.8, 4) is 0 Å². The Labute approximate surface area is 70.6 Å². The molecule has 1 aliphatic heterocycles. The highest BCUT2D eigenvalue weighted by molar-refractivity contribution is 4.84. The molecule has 13 heavy (non-hydrogen) atoms. The molecular weight excluding hydrogens is 199 g/mol. The van der Waals surface area contributed by atoms with E-state index in [1.807, 2.05) is 0 Å². The van der Waals surface area contributed by atoms with E-state index in [0.29, 0.717) is 6.92 Å². The second-order valence-corrected chi connectivity index (χ2v) is 2.96. The molecule has 7 heteroatoms. The number of halogens is 5. The van der Waals surface area contributed by atoms with Crippen molar-refractivity contribution in [2.24, 2.45) is 0 Å². The molecule has 0 N–H and O–H groups in total. The van der Waals surface area contributed by atoms with Gasteiger partial charge in [-0.15, -0.1) is 0 Å². The Morgan fingerprint density at radius 1 is 1.08 bits per heavy atom. The summed E-state index contributed by atoms with van der Waals surface area (Å²) in [6.07, 6.45) is -7.40. The van der Waals surface area contributed by atoms with Gasteiger partial charge in [-0.3, -0.25) is 9.47 Å². The lowest BCUT2D eigenvalue weighted by Gasteiger charge is -2.41. The molecule has 3 atom stereocenters. The van der Waals surface area contributed by atoms with Crippen molar-refractivity contribution < 1.29 is 31.4 Å². The van der Waals surface area contributed by atoms with Crippen molar-refractivity contribution in [1.82, 2.24) is 0 Å². The molecule has 1 heterocycles. The highest BCUT2D eigenvalue weighted by Crippen LogP contribution is 2.46. The van der Waals surface area contributed by atoms with Crippen LogP contribution >= 0.6 is 0 Å². The van der Waals surface area contributed by atoms with Gasteiger partial charge >= 0.3 is 12.0 Å². The predicted molar refractivity (Wildman–Crippen MR) is 31.0 cm³/mol. The van der Waals surface area contributed by atoms with Crippen molar-refractivity contribution in [2.75, 3.05) is 0 Å². The van der Waals surface area contributed by atoms with E-state index in [0.717, 1.165) is 0 Å². The minimum absolute atomic E-state index is 0.259. The van der Waals surface area contributed by atoms with Crippen molar-refractivity contribution in [3.63, 3.8) is 0 Å². The van der Waals surface area contributed by atoms with Crippen molar-refractivity contribution in [3.05, 3.63) is 0 Å². The Hall–Kier alpha value is -0.430. The number of hydrogen-bond donors (Lipinski definition) is 0. The molecule has 1 saturated heterocycles. The first-order valence-electron chi connectivity index (χ1n) is 3.36. The monoisotopic (exact) mass is 206 g/mol. The Kier molecular flexibility index (Phi) is 2.08. The van der Waals surface area contributed by atoms with E-state index in [1.54, 1.807) is 0 Å². The van der Waals surface area contributed by atoms with Gasteiger partial charge in [-0.25, -0.2) is 13.2 Å². The van der Waals surface area contributed by atoms with Gasteiger partial charge in [0.2, 0.25) is 0 Å². The average Bonchev–Trinajstić information content (AvgIpc) is 1.80. The SMILES string of the molecule is CC1(F)OC(F)(F)C(C)(F)OC1F. The normalized spacial score (nSPS) is 50.5. The van der Waals surface area contributed by atoms with Crippen LogP contribution in [0.4, 0.5) is 22.0 Å². The highest BCUT2D eigenvalue weighted by Gasteiger charge is 2.66. The van der Waals surface area contributed by atoms with Crippen LogP contribution in [0.15, 0.2) is 0 Å². The Morgan fingerprint density at radius 3 is 1.92 bits per heavy atom. The van der Waals surface area contributed by atoms with Crippen LogP contribution in [0.2, 0.25) is 0 Å². The van der Waals surface area contributed by atoms with Gasteiger partial charge in [0.15, 0.2) is 0 Å². The van der Waals surface area contributed by atoms with Gasteiger partial charge in [-0.1, -0.05) is 0 Å². The quantitative estimate of drug-likeness (QED) is 0.566. The molecule has 0 spiro atoms. The molecular formula is C6H7F5O2. The summed E-state index contributed by atoms with van der Waals surface area (Å²) in [6, 6.07) is 0. The number of ether oxygens (including phenoxy) is 2. The standard InChI is InChI=1S/C6H7F5O2/c1-4(8)3(7)12-5(2,9)6(10,11)13-4/h3H,1-2H3. The Bertz CT molecular complexity index is 215. The molecule has 1 aliphatic rings. The van der Waals surface area contributed by atoms with Crippen LogP contribution in [0.3, 0.4) is 0 Å². The largest absolute Gasteiger partial charge is 0.417 e. The minimum atomic E-state index is -4.51. The van der Waals surface area contributed by atoms with E-state index in [1.165, 1.54) is 0 Å². The molecule has 0 aromatic rings. The summed E-state index contributed by atoms with van der Waals surface area (Å²) in [7, 11) is 0. The van der Waals surface area contributed by atoms with Crippen molar-refractivity contribution in [1.29, 1.82) is 0 Å². The highest BCUT2D eigenvalue weighted by atomic mass is 19.3. The smallest absolute Gasteiger partial charge is 0.299 e. The molecule has 78 valence electrons. The second kappa shape index (κ2) is 2.54. The van der Waals surface area contributed by atoms with E-state index in [9.17, 15) is 22.0 Å². The van der Waals surface area contributed by atoms with E-state index in [2.05, 4.69) is 9.47 Å². The maximum atomic E-state index is 12.7. The average molecular weight is 206 g/mol. The van der Waals surface area contributed by atoms with Gasteiger partial charge in [-0.2, -0.15) is 8.78 Å². The summed E-state index contributed by atoms with van der Waals surface area (Å²) in [5.74, 6) is -7.02. The summed E-state index contributed by atoms with van der Waals surface area (Å²) in [6.45, 7) is 0.648. The molecule has 3 unspecified atom stereocenters. The molecule has 0 radical (unpaired) electrons. The second-order valence-electron chi connectivity index (χ2n) is 2.96. The third-order valence-electron chi connectivity index (χ3n) is 1.58. The van der Waals surface area contributed by atoms with Crippen LogP contribution in [0, 0.1) is 0 Å². The summed E-state index contributed by atoms with van der Waals surface area (Å²) < 4.78 is 69.9. The van der Waals surface area contributed by atoms with Gasteiger partial charge < -0.3 is 0 Å². The number of alkyl halides is 5.